The highest BCUT2D eigenvalue weighted by molar-refractivity contribution is 7.10. The van der Waals surface area contributed by atoms with Crippen LogP contribution < -0.4 is 5.32 Å². The molecule has 1 aromatic carbocycles. The van der Waals surface area contributed by atoms with Crippen molar-refractivity contribution in [2.45, 2.75) is 45.4 Å². The molecule has 0 spiro atoms. The van der Waals surface area contributed by atoms with Crippen molar-refractivity contribution in [3.63, 3.8) is 0 Å². The number of hydrogen-bond donors (Lipinski definition) is 1. The quantitative estimate of drug-likeness (QED) is 0.872. The number of carbonyl (C=O) groups is 2. The number of thiophene rings is 1. The normalized spacial score (nSPS) is 16.4. The van der Waals surface area contributed by atoms with E-state index in [1.165, 1.54) is 16.9 Å². The Bertz CT molecular complexity index is 850. The van der Waals surface area contributed by atoms with Crippen LogP contribution in [0.1, 0.15) is 62.4 Å². The lowest BCUT2D eigenvalue weighted by Crippen LogP contribution is -2.27. The number of benzene rings is 1. The highest BCUT2D eigenvalue weighted by Gasteiger charge is 2.22. The van der Waals surface area contributed by atoms with Gasteiger partial charge in [0.1, 0.15) is 0 Å². The van der Waals surface area contributed by atoms with E-state index in [9.17, 15) is 9.59 Å². The molecule has 2 aliphatic rings. The molecule has 0 unspecified atom stereocenters. The fraction of sp³-hybridized carbons (Fsp3) is 0.429. The molecule has 2 aromatic rings. The van der Waals surface area contributed by atoms with Crippen LogP contribution in [-0.2, 0) is 12.8 Å². The van der Waals surface area contributed by atoms with E-state index in [-0.39, 0.29) is 11.8 Å². The molecule has 1 saturated heterocycles. The van der Waals surface area contributed by atoms with Gasteiger partial charge in [-0.1, -0.05) is 0 Å². The summed E-state index contributed by atoms with van der Waals surface area (Å²) in [6, 6.07) is 5.57. The molecule has 0 bridgehead atoms. The third kappa shape index (κ3) is 3.28. The van der Waals surface area contributed by atoms with Crippen molar-refractivity contribution < 1.29 is 9.59 Å². The van der Waals surface area contributed by atoms with Crippen molar-refractivity contribution >= 4 is 28.8 Å². The largest absolute Gasteiger partial charge is 0.339 e. The molecule has 0 atom stereocenters. The highest BCUT2D eigenvalue weighted by atomic mass is 32.1. The lowest BCUT2D eigenvalue weighted by atomic mass is 9.95. The molecule has 2 amide bonds. The molecule has 0 radical (unpaired) electrons. The van der Waals surface area contributed by atoms with Gasteiger partial charge in [0.25, 0.3) is 11.8 Å². The third-order valence-electron chi connectivity index (χ3n) is 5.42. The zero-order chi connectivity index (χ0) is 18.1. The summed E-state index contributed by atoms with van der Waals surface area (Å²) < 4.78 is 0. The molecule has 26 heavy (non-hydrogen) atoms. The van der Waals surface area contributed by atoms with Crippen molar-refractivity contribution in [2.24, 2.45) is 0 Å². The minimum Gasteiger partial charge on any atom is -0.339 e. The minimum atomic E-state index is -0.0360. The summed E-state index contributed by atoms with van der Waals surface area (Å²) in [6.07, 6.45) is 6.66. The number of likely N-dealkylation sites (tertiary alicyclic amines) is 1. The molecule has 5 heteroatoms. The summed E-state index contributed by atoms with van der Waals surface area (Å²) in [4.78, 5) is 28.5. The first kappa shape index (κ1) is 17.3. The van der Waals surface area contributed by atoms with Gasteiger partial charge in [-0.15, -0.1) is 11.3 Å². The molecule has 136 valence electrons. The smallest absolute Gasteiger partial charge is 0.256 e. The number of carbonyl (C=O) groups excluding carboxylic acids is 2. The van der Waals surface area contributed by atoms with Gasteiger partial charge in [-0.25, -0.2) is 0 Å². The monoisotopic (exact) mass is 368 g/mol. The van der Waals surface area contributed by atoms with Gasteiger partial charge in [0.15, 0.2) is 0 Å². The molecule has 1 aliphatic carbocycles. The number of hydrogen-bond acceptors (Lipinski definition) is 3. The van der Waals surface area contributed by atoms with Gasteiger partial charge in [0.05, 0.1) is 5.56 Å². The van der Waals surface area contributed by atoms with E-state index in [4.69, 9.17) is 0 Å². The maximum Gasteiger partial charge on any atom is 0.256 e. The van der Waals surface area contributed by atoms with Crippen molar-refractivity contribution in [3.05, 3.63) is 50.7 Å². The molecule has 1 fully saturated rings. The first-order valence-corrected chi connectivity index (χ1v) is 10.3. The Morgan fingerprint density at radius 3 is 2.62 bits per heavy atom. The second kappa shape index (κ2) is 7.23. The fourth-order valence-corrected chi connectivity index (χ4v) is 5.04. The SMILES string of the molecule is Cc1cc(C(=O)N2CCCC2)ccc1NC(=O)c1csc2c1CCCC2. The van der Waals surface area contributed by atoms with Crippen molar-refractivity contribution in [1.29, 1.82) is 0 Å². The average Bonchev–Trinajstić information content (AvgIpc) is 3.32. The van der Waals surface area contributed by atoms with Gasteiger partial charge >= 0.3 is 0 Å². The number of anilines is 1. The molecule has 4 rings (SSSR count). The van der Waals surface area contributed by atoms with Crippen LogP contribution in [0.25, 0.3) is 0 Å². The van der Waals surface area contributed by atoms with Crippen LogP contribution in [0.15, 0.2) is 23.6 Å². The van der Waals surface area contributed by atoms with Gasteiger partial charge in [-0.3, -0.25) is 9.59 Å². The standard InChI is InChI=1S/C21H24N2O2S/c1-14-12-15(21(25)23-10-4-5-11-23)8-9-18(14)22-20(24)17-13-26-19-7-3-2-6-16(17)19/h8-9,12-13H,2-7,10-11H2,1H3,(H,22,24). The van der Waals surface area contributed by atoms with E-state index < -0.39 is 0 Å². The number of nitrogens with one attached hydrogen (secondary N) is 1. The summed E-state index contributed by atoms with van der Waals surface area (Å²) in [7, 11) is 0. The van der Waals surface area contributed by atoms with E-state index in [2.05, 4.69) is 5.32 Å². The van der Waals surface area contributed by atoms with E-state index in [1.807, 2.05) is 35.4 Å². The predicted molar refractivity (Wildman–Crippen MR) is 105 cm³/mol. The summed E-state index contributed by atoms with van der Waals surface area (Å²) in [5.41, 5.74) is 4.46. The van der Waals surface area contributed by atoms with Crippen LogP contribution in [-0.4, -0.2) is 29.8 Å². The van der Waals surface area contributed by atoms with Crippen molar-refractivity contribution in [3.8, 4) is 0 Å². The number of fused-ring (bicyclic) bond motifs is 1. The third-order valence-corrected chi connectivity index (χ3v) is 6.51. The predicted octanol–water partition coefficient (Wildman–Crippen LogP) is 4.42. The van der Waals surface area contributed by atoms with E-state index in [0.717, 1.165) is 62.0 Å². The Balaban J connectivity index is 1.50. The molecule has 1 aromatic heterocycles. The van der Waals surface area contributed by atoms with Gasteiger partial charge in [-0.2, -0.15) is 0 Å². The maximum atomic E-state index is 12.7. The summed E-state index contributed by atoms with van der Waals surface area (Å²) in [5.74, 6) is 0.0569. The zero-order valence-electron chi connectivity index (χ0n) is 15.1. The van der Waals surface area contributed by atoms with Crippen LogP contribution >= 0.6 is 11.3 Å². The summed E-state index contributed by atoms with van der Waals surface area (Å²) >= 11 is 1.70. The van der Waals surface area contributed by atoms with Gasteiger partial charge in [0, 0.05) is 34.6 Å². The Morgan fingerprint density at radius 2 is 1.85 bits per heavy atom. The van der Waals surface area contributed by atoms with E-state index in [0.29, 0.717) is 5.56 Å². The molecular weight excluding hydrogens is 344 g/mol. The molecule has 2 heterocycles. The van der Waals surface area contributed by atoms with Gasteiger partial charge in [-0.05, 0) is 74.8 Å². The molecular formula is C21H24N2O2S. The first-order chi connectivity index (χ1) is 12.6. The lowest BCUT2D eigenvalue weighted by Gasteiger charge is -2.17. The van der Waals surface area contributed by atoms with E-state index >= 15 is 0 Å². The van der Waals surface area contributed by atoms with Crippen LogP contribution in [0, 0.1) is 6.92 Å². The van der Waals surface area contributed by atoms with Crippen LogP contribution in [0.5, 0.6) is 0 Å². The van der Waals surface area contributed by atoms with E-state index in [1.54, 1.807) is 11.3 Å². The van der Waals surface area contributed by atoms with Crippen LogP contribution in [0.2, 0.25) is 0 Å². The van der Waals surface area contributed by atoms with Crippen LogP contribution in [0.3, 0.4) is 0 Å². The van der Waals surface area contributed by atoms with Gasteiger partial charge < -0.3 is 10.2 Å². The van der Waals surface area contributed by atoms with Crippen LogP contribution in [0.4, 0.5) is 5.69 Å². The Labute approximate surface area is 158 Å². The molecule has 1 aliphatic heterocycles. The molecule has 0 saturated carbocycles. The number of rotatable bonds is 3. The summed E-state index contributed by atoms with van der Waals surface area (Å²) in [6.45, 7) is 3.64. The summed E-state index contributed by atoms with van der Waals surface area (Å²) in [5, 5.41) is 5.03. The molecule has 4 nitrogen and oxygen atoms in total. The zero-order valence-corrected chi connectivity index (χ0v) is 16.0. The Morgan fingerprint density at radius 1 is 1.08 bits per heavy atom. The van der Waals surface area contributed by atoms with Crippen molar-refractivity contribution in [2.75, 3.05) is 18.4 Å². The minimum absolute atomic E-state index is 0.0360. The number of aryl methyl sites for hydroxylation is 2. The lowest BCUT2D eigenvalue weighted by molar-refractivity contribution is 0.0792. The fourth-order valence-electron chi connectivity index (χ4n) is 3.91. The first-order valence-electron chi connectivity index (χ1n) is 9.44. The number of amides is 2. The highest BCUT2D eigenvalue weighted by Crippen LogP contribution is 2.31. The maximum absolute atomic E-state index is 12.7. The van der Waals surface area contributed by atoms with Gasteiger partial charge in [0.2, 0.25) is 0 Å². The topological polar surface area (TPSA) is 49.4 Å². The average molecular weight is 369 g/mol. The Hall–Kier alpha value is -2.14. The Kier molecular flexibility index (Phi) is 4.81. The number of nitrogens with zero attached hydrogens (tertiary/aromatic N) is 1. The second-order valence-corrected chi connectivity index (χ2v) is 8.21. The molecule has 1 N–H and O–H groups in total. The van der Waals surface area contributed by atoms with Crippen molar-refractivity contribution in [1.82, 2.24) is 4.90 Å². The second-order valence-electron chi connectivity index (χ2n) is 7.24.